The first-order chi connectivity index (χ1) is 30.1. The highest BCUT2D eigenvalue weighted by atomic mass is 16.4. The number of hydrogen-bond donors (Lipinski definition) is 5. The van der Waals surface area contributed by atoms with Crippen LogP contribution in [0.25, 0.3) is 27.8 Å². The van der Waals surface area contributed by atoms with Gasteiger partial charge in [-0.1, -0.05) is 152 Å². The van der Waals surface area contributed by atoms with Crippen LogP contribution in [0.5, 0.6) is 28.7 Å². The van der Waals surface area contributed by atoms with E-state index >= 15 is 0 Å². The van der Waals surface area contributed by atoms with Crippen molar-refractivity contribution < 1.29 is 25.5 Å². The van der Waals surface area contributed by atoms with Gasteiger partial charge >= 0.3 is 0 Å². The number of aromatic hydroxyl groups is 5. The van der Waals surface area contributed by atoms with E-state index in [1.165, 1.54) is 5.56 Å². The molecule has 0 bridgehead atoms. The third-order valence-electron chi connectivity index (χ3n) is 10.4. The van der Waals surface area contributed by atoms with Gasteiger partial charge in [0.15, 0.2) is 11.5 Å². The summed E-state index contributed by atoms with van der Waals surface area (Å²) in [5, 5.41) is 51.7. The Kier molecular flexibility index (Phi) is 13.0. The Morgan fingerprint density at radius 3 is 1.97 bits per heavy atom. The zero-order chi connectivity index (χ0) is 43.6. The van der Waals surface area contributed by atoms with Crippen molar-refractivity contribution in [2.45, 2.75) is 20.3 Å². The van der Waals surface area contributed by atoms with Crippen LogP contribution < -0.4 is 9.80 Å². The van der Waals surface area contributed by atoms with Gasteiger partial charge in [-0.05, 0) is 108 Å². The SMILES string of the molecule is C=C1/C=C\C=C/Cc2ccccc2N1c1cccc(C(/C=C\C)=C/C=C/N(c2ccc(-c3cccccccc(C)c3)cc2)c2ccc(-c3c(O)c(O)c(O)c(O)c3O)cc2)c1. The molecule has 0 saturated carbocycles. The molecular weight excluding hydrogens is 769 g/mol. The van der Waals surface area contributed by atoms with E-state index in [1.807, 2.05) is 84.8 Å². The van der Waals surface area contributed by atoms with Crippen LogP contribution in [0, 0.1) is 6.92 Å². The van der Waals surface area contributed by atoms with Crippen molar-refractivity contribution >= 4 is 28.3 Å². The van der Waals surface area contributed by atoms with Crippen molar-refractivity contribution in [1.82, 2.24) is 0 Å². The quantitative estimate of drug-likeness (QED) is 0.0562. The molecule has 6 aromatic carbocycles. The fourth-order valence-electron chi connectivity index (χ4n) is 7.32. The monoisotopic (exact) mass is 816 g/mol. The Bertz CT molecular complexity index is 2780. The summed E-state index contributed by atoms with van der Waals surface area (Å²) >= 11 is 0. The summed E-state index contributed by atoms with van der Waals surface area (Å²) < 4.78 is 0. The Hall–Kier alpha value is -8.16. The lowest BCUT2D eigenvalue weighted by molar-refractivity contribution is 0.330. The van der Waals surface area contributed by atoms with E-state index < -0.39 is 28.7 Å². The van der Waals surface area contributed by atoms with Crippen LogP contribution >= 0.6 is 0 Å². The van der Waals surface area contributed by atoms with E-state index in [-0.39, 0.29) is 5.56 Å². The lowest BCUT2D eigenvalue weighted by Gasteiger charge is -2.28. The van der Waals surface area contributed by atoms with E-state index in [9.17, 15) is 25.5 Å². The predicted molar refractivity (Wildman–Crippen MR) is 255 cm³/mol. The van der Waals surface area contributed by atoms with E-state index in [0.29, 0.717) is 5.56 Å². The summed E-state index contributed by atoms with van der Waals surface area (Å²) in [5.41, 5.74) is 11.0. The highest BCUT2D eigenvalue weighted by Gasteiger charge is 2.24. The topological polar surface area (TPSA) is 108 Å². The lowest BCUT2D eigenvalue weighted by Crippen LogP contribution is -2.16. The minimum atomic E-state index is -1.01. The molecule has 0 unspecified atom stereocenters. The number of phenols is 5. The van der Waals surface area contributed by atoms with Crippen LogP contribution in [-0.4, -0.2) is 25.5 Å². The smallest absolute Gasteiger partial charge is 0.208 e. The highest BCUT2D eigenvalue weighted by molar-refractivity contribution is 5.86. The molecule has 7 heteroatoms. The molecule has 0 fully saturated rings. The van der Waals surface area contributed by atoms with Crippen LogP contribution in [0.2, 0.25) is 0 Å². The molecular formula is C55H48N2O5. The number of anilines is 4. The second-order valence-electron chi connectivity index (χ2n) is 14.7. The molecule has 0 atom stereocenters. The molecule has 0 spiro atoms. The molecule has 0 aromatic heterocycles. The largest absolute Gasteiger partial charge is 0.504 e. The van der Waals surface area contributed by atoms with Crippen molar-refractivity contribution in [2.75, 3.05) is 9.80 Å². The number of rotatable bonds is 9. The van der Waals surface area contributed by atoms with Gasteiger partial charge in [0, 0.05) is 34.6 Å². The third-order valence-corrected chi connectivity index (χ3v) is 10.4. The highest BCUT2D eigenvalue weighted by Crippen LogP contribution is 2.54. The summed E-state index contributed by atoms with van der Waals surface area (Å²) in [7, 11) is 0. The van der Waals surface area contributed by atoms with Gasteiger partial charge < -0.3 is 35.3 Å². The standard InChI is InChI=1S/C55H48N2O5/c1-4-17-40(45-23-15-25-48(37-45)57-39(3)19-10-8-12-20-42-21-13-14-26-49(42)57)24-16-35-56(46-31-27-41(28-32-46)44-22-11-7-5-6-9-18-38(2)36-44)47-33-29-43(30-34-47)50-51(58)53(60)55(62)54(61)52(50)59/h4-19,21-37,58-62H,3,20H2,1-2H3/b6-5?,7-5?,9-6?,11-7?,12-8-,17-4-,18-9?,19-10-,22-11?,35-16+,38-18?,38-36?,40-24+,44-22?,44-36?. The van der Waals surface area contributed by atoms with Crippen LogP contribution in [0.1, 0.15) is 23.6 Å². The average Bonchev–Trinajstić information content (AvgIpc) is 3.37. The van der Waals surface area contributed by atoms with Crippen LogP contribution in [0.15, 0.2) is 213 Å². The van der Waals surface area contributed by atoms with Crippen molar-refractivity contribution in [3.8, 4) is 51.0 Å². The van der Waals surface area contributed by atoms with Crippen LogP contribution in [-0.2, 0) is 6.42 Å². The molecule has 7 nitrogen and oxygen atoms in total. The summed E-state index contributed by atoms with van der Waals surface area (Å²) in [5.74, 6) is -4.39. The fraction of sp³-hybridized carbons (Fsp3) is 0.0545. The number of benzene rings is 5. The van der Waals surface area contributed by atoms with Gasteiger partial charge in [-0.2, -0.15) is 0 Å². The number of nitrogens with zero attached hydrogens (tertiary/aromatic N) is 2. The molecule has 308 valence electrons. The number of aryl methyl sites for hydroxylation is 1. The molecule has 62 heavy (non-hydrogen) atoms. The summed E-state index contributed by atoms with van der Waals surface area (Å²) in [6.45, 7) is 8.50. The van der Waals surface area contributed by atoms with Gasteiger partial charge in [0.2, 0.25) is 17.2 Å². The van der Waals surface area contributed by atoms with Crippen LogP contribution in [0.4, 0.5) is 22.7 Å². The number of fused-ring (bicyclic) bond motifs is 1. The van der Waals surface area contributed by atoms with Crippen LogP contribution in [0.3, 0.4) is 0 Å². The molecule has 7 rings (SSSR count). The molecule has 1 heterocycles. The number of allylic oxidation sites excluding steroid dienone is 9. The van der Waals surface area contributed by atoms with Crippen molar-refractivity contribution in [1.29, 1.82) is 0 Å². The maximum absolute atomic E-state index is 10.6. The lowest BCUT2D eigenvalue weighted by atomic mass is 10.0. The normalized spacial score (nSPS) is 13.8. The minimum Gasteiger partial charge on any atom is -0.504 e. The molecule has 0 saturated heterocycles. The Morgan fingerprint density at radius 1 is 0.629 bits per heavy atom. The van der Waals surface area contributed by atoms with Gasteiger partial charge in [0.05, 0.1) is 5.56 Å². The maximum Gasteiger partial charge on any atom is 0.208 e. The zero-order valence-corrected chi connectivity index (χ0v) is 34.6. The Balaban J connectivity index is 1.28. The van der Waals surface area contributed by atoms with Gasteiger partial charge in [0.1, 0.15) is 0 Å². The molecule has 5 N–H and O–H groups in total. The van der Waals surface area contributed by atoms with Crippen molar-refractivity contribution in [3.05, 3.63) is 229 Å². The maximum atomic E-state index is 10.6. The van der Waals surface area contributed by atoms with E-state index in [0.717, 1.165) is 62.7 Å². The molecule has 6 aromatic rings. The van der Waals surface area contributed by atoms with Gasteiger partial charge in [-0.3, -0.25) is 0 Å². The first kappa shape index (κ1) is 42.0. The minimum absolute atomic E-state index is 0.218. The number of hydrogen-bond acceptors (Lipinski definition) is 7. The van der Waals surface area contributed by atoms with E-state index in [4.69, 9.17) is 0 Å². The van der Waals surface area contributed by atoms with Crippen molar-refractivity contribution in [2.24, 2.45) is 0 Å². The first-order valence-electron chi connectivity index (χ1n) is 20.2. The predicted octanol–water partition coefficient (Wildman–Crippen LogP) is 13.6. The summed E-state index contributed by atoms with van der Waals surface area (Å²) in [6.07, 6.45) is 19.2. The molecule has 0 amide bonds. The molecule has 0 radical (unpaired) electrons. The number of para-hydroxylation sites is 1. The summed E-state index contributed by atoms with van der Waals surface area (Å²) in [6, 6.07) is 48.3. The molecule has 1 aliphatic heterocycles. The molecule has 0 aliphatic carbocycles. The Morgan fingerprint density at radius 2 is 1.26 bits per heavy atom. The number of phenolic OH excluding ortho intramolecular Hbond substituents is 5. The Labute approximate surface area is 363 Å². The van der Waals surface area contributed by atoms with Gasteiger partial charge in [-0.15, -0.1) is 0 Å². The zero-order valence-electron chi connectivity index (χ0n) is 34.6. The molecule has 1 aliphatic rings. The van der Waals surface area contributed by atoms with E-state index in [1.54, 1.807) is 24.3 Å². The summed E-state index contributed by atoms with van der Waals surface area (Å²) in [4.78, 5) is 4.21. The van der Waals surface area contributed by atoms with E-state index in [2.05, 4.69) is 122 Å². The first-order valence-corrected chi connectivity index (χ1v) is 20.2. The third kappa shape index (κ3) is 9.33. The second kappa shape index (κ2) is 19.3. The van der Waals surface area contributed by atoms with Gasteiger partial charge in [-0.25, -0.2) is 0 Å². The second-order valence-corrected chi connectivity index (χ2v) is 14.7. The average molecular weight is 817 g/mol. The van der Waals surface area contributed by atoms with Crippen molar-refractivity contribution in [3.63, 3.8) is 0 Å². The fourth-order valence-corrected chi connectivity index (χ4v) is 7.32. The van der Waals surface area contributed by atoms with Gasteiger partial charge in [0.25, 0.3) is 0 Å².